The number of hydrogen-bond donors (Lipinski definition) is 1. The third kappa shape index (κ3) is 3.45. The van der Waals surface area contributed by atoms with Crippen molar-refractivity contribution in [2.75, 3.05) is 19.6 Å². The Labute approximate surface area is 107 Å². The van der Waals surface area contributed by atoms with Crippen LogP contribution < -0.4 is 5.32 Å². The summed E-state index contributed by atoms with van der Waals surface area (Å²) in [5.41, 5.74) is 0. The van der Waals surface area contributed by atoms with Gasteiger partial charge in [0.05, 0.1) is 0 Å². The van der Waals surface area contributed by atoms with Crippen molar-refractivity contribution in [3.8, 4) is 0 Å². The van der Waals surface area contributed by atoms with E-state index >= 15 is 0 Å². The molecule has 1 saturated heterocycles. The van der Waals surface area contributed by atoms with E-state index in [9.17, 15) is 0 Å². The molecular formula is C15H30N2. The Kier molecular flexibility index (Phi) is 5.30. The van der Waals surface area contributed by atoms with E-state index in [0.717, 1.165) is 18.0 Å². The number of nitrogens with zero attached hydrogens (tertiary/aromatic N) is 1. The van der Waals surface area contributed by atoms with E-state index in [2.05, 4.69) is 24.1 Å². The van der Waals surface area contributed by atoms with Crippen LogP contribution >= 0.6 is 0 Å². The lowest BCUT2D eigenvalue weighted by atomic mass is 9.82. The van der Waals surface area contributed by atoms with Crippen LogP contribution in [0.15, 0.2) is 0 Å². The van der Waals surface area contributed by atoms with E-state index in [1.807, 2.05) is 0 Å². The van der Waals surface area contributed by atoms with Crippen molar-refractivity contribution in [1.29, 1.82) is 0 Å². The van der Waals surface area contributed by atoms with E-state index in [4.69, 9.17) is 0 Å². The highest BCUT2D eigenvalue weighted by atomic mass is 15.2. The summed E-state index contributed by atoms with van der Waals surface area (Å²) in [6.45, 7) is 8.46. The molecule has 0 radical (unpaired) electrons. The van der Waals surface area contributed by atoms with E-state index in [0.29, 0.717) is 0 Å². The Hall–Kier alpha value is -0.0800. The molecule has 2 unspecified atom stereocenters. The molecule has 0 bridgehead atoms. The topological polar surface area (TPSA) is 15.3 Å². The molecular weight excluding hydrogens is 208 g/mol. The molecule has 1 heterocycles. The largest absolute Gasteiger partial charge is 0.311 e. The van der Waals surface area contributed by atoms with E-state index in [1.165, 1.54) is 64.6 Å². The molecule has 0 aromatic carbocycles. The first-order valence-electron chi connectivity index (χ1n) is 7.82. The second-order valence-electron chi connectivity index (χ2n) is 5.97. The molecule has 0 spiro atoms. The highest BCUT2D eigenvalue weighted by Gasteiger charge is 2.31. The molecule has 2 atom stereocenters. The summed E-state index contributed by atoms with van der Waals surface area (Å²) < 4.78 is 0. The van der Waals surface area contributed by atoms with Gasteiger partial charge in [-0.1, -0.05) is 33.1 Å². The van der Waals surface area contributed by atoms with Gasteiger partial charge in [-0.25, -0.2) is 0 Å². The molecule has 1 N–H and O–H groups in total. The SMILES string of the molecule is CCCN1CC(C2CCCCC2)NCC1CC. The van der Waals surface area contributed by atoms with Crippen molar-refractivity contribution in [1.82, 2.24) is 10.2 Å². The Bertz CT molecular complexity index is 211. The average Bonchev–Trinajstić information content (AvgIpc) is 2.40. The fraction of sp³-hybridized carbons (Fsp3) is 1.00. The van der Waals surface area contributed by atoms with Crippen LogP contribution in [0.1, 0.15) is 58.8 Å². The third-order valence-electron chi connectivity index (χ3n) is 4.76. The smallest absolute Gasteiger partial charge is 0.0224 e. The van der Waals surface area contributed by atoms with Crippen LogP contribution in [0, 0.1) is 5.92 Å². The van der Waals surface area contributed by atoms with Gasteiger partial charge in [-0.2, -0.15) is 0 Å². The summed E-state index contributed by atoms with van der Waals surface area (Å²) in [6, 6.07) is 1.57. The predicted molar refractivity (Wildman–Crippen MR) is 74.3 cm³/mol. The molecule has 2 rings (SSSR count). The number of rotatable bonds is 4. The minimum atomic E-state index is 0.782. The zero-order chi connectivity index (χ0) is 12.1. The molecule has 100 valence electrons. The monoisotopic (exact) mass is 238 g/mol. The van der Waals surface area contributed by atoms with Crippen molar-refractivity contribution >= 4 is 0 Å². The fourth-order valence-corrected chi connectivity index (χ4v) is 3.70. The van der Waals surface area contributed by atoms with Crippen LogP contribution in [-0.4, -0.2) is 36.6 Å². The molecule has 1 aliphatic heterocycles. The van der Waals surface area contributed by atoms with Crippen LogP contribution in [0.4, 0.5) is 0 Å². The Balaban J connectivity index is 1.88. The lowest BCUT2D eigenvalue weighted by molar-refractivity contribution is 0.0937. The summed E-state index contributed by atoms with van der Waals surface area (Å²) in [7, 11) is 0. The minimum Gasteiger partial charge on any atom is -0.311 e. The van der Waals surface area contributed by atoms with E-state index in [1.54, 1.807) is 0 Å². The van der Waals surface area contributed by atoms with Gasteiger partial charge in [-0.05, 0) is 38.1 Å². The van der Waals surface area contributed by atoms with Crippen LogP contribution in [0.2, 0.25) is 0 Å². The number of hydrogen-bond acceptors (Lipinski definition) is 2. The highest BCUT2D eigenvalue weighted by molar-refractivity contribution is 4.89. The van der Waals surface area contributed by atoms with Crippen LogP contribution in [0.3, 0.4) is 0 Å². The lowest BCUT2D eigenvalue weighted by Gasteiger charge is -2.43. The zero-order valence-electron chi connectivity index (χ0n) is 11.8. The Morgan fingerprint density at radius 1 is 1.12 bits per heavy atom. The summed E-state index contributed by atoms with van der Waals surface area (Å²) in [4.78, 5) is 2.75. The van der Waals surface area contributed by atoms with Gasteiger partial charge in [-0.3, -0.25) is 4.90 Å². The Morgan fingerprint density at radius 3 is 2.53 bits per heavy atom. The summed E-state index contributed by atoms with van der Waals surface area (Å²) >= 11 is 0. The van der Waals surface area contributed by atoms with Gasteiger partial charge in [0.15, 0.2) is 0 Å². The summed E-state index contributed by atoms with van der Waals surface area (Å²) in [5.74, 6) is 0.959. The second-order valence-corrected chi connectivity index (χ2v) is 5.97. The van der Waals surface area contributed by atoms with E-state index in [-0.39, 0.29) is 0 Å². The molecule has 2 fully saturated rings. The molecule has 1 aliphatic carbocycles. The molecule has 1 saturated carbocycles. The first kappa shape index (κ1) is 13.4. The Morgan fingerprint density at radius 2 is 1.88 bits per heavy atom. The molecule has 0 aromatic heterocycles. The van der Waals surface area contributed by atoms with E-state index < -0.39 is 0 Å². The molecule has 0 aromatic rings. The maximum absolute atomic E-state index is 3.84. The molecule has 17 heavy (non-hydrogen) atoms. The third-order valence-corrected chi connectivity index (χ3v) is 4.76. The maximum atomic E-state index is 3.84. The number of nitrogens with one attached hydrogen (secondary N) is 1. The van der Waals surface area contributed by atoms with Gasteiger partial charge < -0.3 is 5.32 Å². The molecule has 2 aliphatic rings. The quantitative estimate of drug-likeness (QED) is 0.810. The van der Waals surface area contributed by atoms with Crippen molar-refractivity contribution in [2.24, 2.45) is 5.92 Å². The van der Waals surface area contributed by atoms with Gasteiger partial charge in [0.2, 0.25) is 0 Å². The normalized spacial score (nSPS) is 32.8. The van der Waals surface area contributed by atoms with Crippen LogP contribution in [0.25, 0.3) is 0 Å². The molecule has 0 amide bonds. The van der Waals surface area contributed by atoms with Gasteiger partial charge >= 0.3 is 0 Å². The predicted octanol–water partition coefficient (Wildman–Crippen LogP) is 3.03. The maximum Gasteiger partial charge on any atom is 0.0224 e. The van der Waals surface area contributed by atoms with Crippen molar-refractivity contribution in [3.05, 3.63) is 0 Å². The second kappa shape index (κ2) is 6.75. The average molecular weight is 238 g/mol. The first-order chi connectivity index (χ1) is 8.35. The van der Waals surface area contributed by atoms with Crippen molar-refractivity contribution in [2.45, 2.75) is 70.9 Å². The minimum absolute atomic E-state index is 0.782. The van der Waals surface area contributed by atoms with Gasteiger partial charge in [-0.15, -0.1) is 0 Å². The standard InChI is InChI=1S/C15H30N2/c1-3-10-17-12-15(16-11-14(17)4-2)13-8-6-5-7-9-13/h13-16H,3-12H2,1-2H3. The first-order valence-corrected chi connectivity index (χ1v) is 7.82. The van der Waals surface area contributed by atoms with Crippen molar-refractivity contribution in [3.63, 3.8) is 0 Å². The highest BCUT2D eigenvalue weighted by Crippen LogP contribution is 2.28. The molecule has 2 heteroatoms. The summed E-state index contributed by atoms with van der Waals surface area (Å²) in [5, 5.41) is 3.84. The van der Waals surface area contributed by atoms with Gasteiger partial charge in [0.25, 0.3) is 0 Å². The van der Waals surface area contributed by atoms with Gasteiger partial charge in [0.1, 0.15) is 0 Å². The van der Waals surface area contributed by atoms with Crippen LogP contribution in [0.5, 0.6) is 0 Å². The van der Waals surface area contributed by atoms with Gasteiger partial charge in [0, 0.05) is 25.2 Å². The fourth-order valence-electron chi connectivity index (χ4n) is 3.70. The molecule has 2 nitrogen and oxygen atoms in total. The summed E-state index contributed by atoms with van der Waals surface area (Å²) in [6.07, 6.45) is 9.93. The van der Waals surface area contributed by atoms with Crippen LogP contribution in [-0.2, 0) is 0 Å². The zero-order valence-corrected chi connectivity index (χ0v) is 11.8. The van der Waals surface area contributed by atoms with Crippen molar-refractivity contribution < 1.29 is 0 Å². The lowest BCUT2D eigenvalue weighted by Crippen LogP contribution is -2.58. The number of piperazine rings is 1.